The Bertz CT molecular complexity index is 349. The zero-order valence-corrected chi connectivity index (χ0v) is 8.91. The molecule has 6 heteroatoms. The number of aromatic nitrogens is 2. The topological polar surface area (TPSA) is 69.6 Å². The molecule has 0 atom stereocenters. The monoisotopic (exact) mass is 222 g/mol. The fraction of sp³-hybridized carbons (Fsp3) is 0.500. The van der Waals surface area contributed by atoms with Crippen molar-refractivity contribution in [1.82, 2.24) is 15.1 Å². The van der Waals surface area contributed by atoms with E-state index in [0.717, 1.165) is 32.0 Å². The van der Waals surface area contributed by atoms with Crippen LogP contribution in [0.3, 0.4) is 0 Å². The predicted octanol–water partition coefficient (Wildman–Crippen LogP) is -0.317. The minimum absolute atomic E-state index is 0.119. The number of hydrogen-bond donors (Lipinski definition) is 1. The van der Waals surface area contributed by atoms with Crippen molar-refractivity contribution in [3.8, 4) is 0 Å². The van der Waals surface area contributed by atoms with E-state index in [1.165, 1.54) is 0 Å². The molecule has 0 unspecified atom stereocenters. The second kappa shape index (κ2) is 4.89. The first-order chi connectivity index (χ1) is 7.75. The van der Waals surface area contributed by atoms with E-state index in [0.29, 0.717) is 0 Å². The molecule has 1 N–H and O–H groups in total. The number of carbonyl (C=O) groups is 1. The molecule has 86 valence electrons. The third-order valence-corrected chi connectivity index (χ3v) is 2.61. The molecule has 6 nitrogen and oxygen atoms in total. The molecule has 1 aliphatic rings. The number of nitrogens with zero attached hydrogens (tertiary/aromatic N) is 4. The Morgan fingerprint density at radius 1 is 1.38 bits per heavy atom. The first-order valence-electron chi connectivity index (χ1n) is 5.22. The minimum atomic E-state index is -0.770. The van der Waals surface area contributed by atoms with Crippen LogP contribution in [0.4, 0.5) is 5.82 Å². The molecule has 0 radical (unpaired) electrons. The van der Waals surface area contributed by atoms with Crippen LogP contribution in [0.25, 0.3) is 0 Å². The van der Waals surface area contributed by atoms with Crippen LogP contribution in [0.2, 0.25) is 0 Å². The summed E-state index contributed by atoms with van der Waals surface area (Å²) in [6, 6.07) is 3.77. The number of rotatable bonds is 3. The van der Waals surface area contributed by atoms with Gasteiger partial charge in [0.05, 0.1) is 6.54 Å². The van der Waals surface area contributed by atoms with E-state index in [9.17, 15) is 4.79 Å². The Hall–Kier alpha value is -1.69. The Balaban J connectivity index is 1.88. The van der Waals surface area contributed by atoms with Gasteiger partial charge in [0, 0.05) is 32.4 Å². The van der Waals surface area contributed by atoms with Gasteiger partial charge in [-0.2, -0.15) is 5.10 Å². The molecule has 0 bridgehead atoms. The summed E-state index contributed by atoms with van der Waals surface area (Å²) in [5, 5.41) is 16.5. The van der Waals surface area contributed by atoms with Crippen LogP contribution in [-0.4, -0.2) is 58.9 Å². The Labute approximate surface area is 93.5 Å². The van der Waals surface area contributed by atoms with Gasteiger partial charge >= 0.3 is 5.97 Å². The lowest BCUT2D eigenvalue weighted by molar-refractivity contribution is -0.138. The van der Waals surface area contributed by atoms with E-state index in [4.69, 9.17) is 5.11 Å². The van der Waals surface area contributed by atoms with Gasteiger partial charge in [-0.3, -0.25) is 9.69 Å². The molecule has 1 aromatic rings. The molecule has 0 spiro atoms. The fourth-order valence-electron chi connectivity index (χ4n) is 1.79. The summed E-state index contributed by atoms with van der Waals surface area (Å²) < 4.78 is 0. The zero-order chi connectivity index (χ0) is 11.4. The van der Waals surface area contributed by atoms with Crippen LogP contribution in [0, 0.1) is 0 Å². The minimum Gasteiger partial charge on any atom is -0.480 e. The van der Waals surface area contributed by atoms with Gasteiger partial charge in [0.25, 0.3) is 0 Å². The number of carboxylic acid groups (broad SMARTS) is 1. The third-order valence-electron chi connectivity index (χ3n) is 2.61. The lowest BCUT2D eigenvalue weighted by atomic mass is 10.3. The van der Waals surface area contributed by atoms with Crippen molar-refractivity contribution in [1.29, 1.82) is 0 Å². The van der Waals surface area contributed by atoms with Crippen LogP contribution in [0.15, 0.2) is 18.3 Å². The molecule has 1 saturated heterocycles. The van der Waals surface area contributed by atoms with E-state index in [2.05, 4.69) is 15.1 Å². The lowest BCUT2D eigenvalue weighted by Gasteiger charge is -2.34. The van der Waals surface area contributed by atoms with Crippen molar-refractivity contribution < 1.29 is 9.90 Å². The van der Waals surface area contributed by atoms with Crippen molar-refractivity contribution in [2.45, 2.75) is 0 Å². The standard InChI is InChI=1S/C10H14N4O2/c15-10(16)8-13-4-6-14(7-5-13)9-2-1-3-11-12-9/h1-3H,4-8H2,(H,15,16). The van der Waals surface area contributed by atoms with Crippen LogP contribution in [0.5, 0.6) is 0 Å². The number of piperazine rings is 1. The van der Waals surface area contributed by atoms with Gasteiger partial charge in [-0.15, -0.1) is 5.10 Å². The van der Waals surface area contributed by atoms with Gasteiger partial charge in [-0.1, -0.05) is 0 Å². The summed E-state index contributed by atoms with van der Waals surface area (Å²) in [7, 11) is 0. The average Bonchev–Trinajstić information content (AvgIpc) is 2.30. The summed E-state index contributed by atoms with van der Waals surface area (Å²) >= 11 is 0. The summed E-state index contributed by atoms with van der Waals surface area (Å²) in [6.45, 7) is 3.22. The van der Waals surface area contributed by atoms with Crippen molar-refractivity contribution in [2.24, 2.45) is 0 Å². The Morgan fingerprint density at radius 2 is 2.12 bits per heavy atom. The molecule has 16 heavy (non-hydrogen) atoms. The summed E-state index contributed by atoms with van der Waals surface area (Å²) in [5.41, 5.74) is 0. The maximum Gasteiger partial charge on any atom is 0.317 e. The van der Waals surface area contributed by atoms with Crippen LogP contribution in [-0.2, 0) is 4.79 Å². The van der Waals surface area contributed by atoms with Crippen molar-refractivity contribution in [3.63, 3.8) is 0 Å². The largest absolute Gasteiger partial charge is 0.480 e. The molecule has 1 aliphatic heterocycles. The second-order valence-electron chi connectivity index (χ2n) is 3.74. The fourth-order valence-corrected chi connectivity index (χ4v) is 1.79. The maximum absolute atomic E-state index is 10.5. The van der Waals surface area contributed by atoms with Gasteiger partial charge in [0.2, 0.25) is 0 Å². The summed E-state index contributed by atoms with van der Waals surface area (Å²) in [4.78, 5) is 14.6. The van der Waals surface area contributed by atoms with Gasteiger partial charge in [-0.25, -0.2) is 0 Å². The van der Waals surface area contributed by atoms with Gasteiger partial charge < -0.3 is 10.0 Å². The van der Waals surface area contributed by atoms with E-state index < -0.39 is 5.97 Å². The second-order valence-corrected chi connectivity index (χ2v) is 3.74. The first-order valence-corrected chi connectivity index (χ1v) is 5.22. The molecular formula is C10H14N4O2. The highest BCUT2D eigenvalue weighted by molar-refractivity contribution is 5.69. The number of aliphatic carboxylic acids is 1. The average molecular weight is 222 g/mol. The predicted molar refractivity (Wildman–Crippen MR) is 58.3 cm³/mol. The Morgan fingerprint density at radius 3 is 2.69 bits per heavy atom. The summed E-state index contributed by atoms with van der Waals surface area (Å²) in [6.07, 6.45) is 1.64. The normalized spacial score (nSPS) is 17.4. The smallest absolute Gasteiger partial charge is 0.317 e. The Kier molecular flexibility index (Phi) is 3.31. The molecule has 0 aliphatic carbocycles. The zero-order valence-electron chi connectivity index (χ0n) is 8.91. The molecule has 0 aromatic carbocycles. The van der Waals surface area contributed by atoms with Crippen molar-refractivity contribution in [2.75, 3.05) is 37.6 Å². The highest BCUT2D eigenvalue weighted by Gasteiger charge is 2.19. The summed E-state index contributed by atoms with van der Waals surface area (Å²) in [5.74, 6) is 0.0884. The van der Waals surface area contributed by atoms with Gasteiger partial charge in [0.1, 0.15) is 0 Å². The molecule has 2 rings (SSSR count). The molecular weight excluding hydrogens is 208 g/mol. The van der Waals surface area contributed by atoms with Crippen molar-refractivity contribution in [3.05, 3.63) is 18.3 Å². The number of hydrogen-bond acceptors (Lipinski definition) is 5. The van der Waals surface area contributed by atoms with Crippen LogP contribution < -0.4 is 4.90 Å². The molecule has 2 heterocycles. The molecule has 1 aromatic heterocycles. The quantitative estimate of drug-likeness (QED) is 0.756. The molecule has 1 fully saturated rings. The van der Waals surface area contributed by atoms with E-state index in [-0.39, 0.29) is 6.54 Å². The van der Waals surface area contributed by atoms with E-state index >= 15 is 0 Å². The van der Waals surface area contributed by atoms with Gasteiger partial charge in [0.15, 0.2) is 5.82 Å². The highest BCUT2D eigenvalue weighted by atomic mass is 16.4. The molecule has 0 saturated carbocycles. The first kappa shape index (κ1) is 10.8. The molecule has 0 amide bonds. The SMILES string of the molecule is O=C(O)CN1CCN(c2cccnn2)CC1. The third kappa shape index (κ3) is 2.66. The van der Waals surface area contributed by atoms with Crippen LogP contribution in [0.1, 0.15) is 0 Å². The van der Waals surface area contributed by atoms with Gasteiger partial charge in [-0.05, 0) is 12.1 Å². The van der Waals surface area contributed by atoms with Crippen LogP contribution >= 0.6 is 0 Å². The maximum atomic E-state index is 10.5. The highest BCUT2D eigenvalue weighted by Crippen LogP contribution is 2.11. The number of anilines is 1. The van der Waals surface area contributed by atoms with E-state index in [1.807, 2.05) is 17.0 Å². The lowest BCUT2D eigenvalue weighted by Crippen LogP contribution is -2.48. The van der Waals surface area contributed by atoms with E-state index in [1.54, 1.807) is 6.20 Å². The number of carboxylic acids is 1. The van der Waals surface area contributed by atoms with Crippen molar-refractivity contribution >= 4 is 11.8 Å².